The first-order valence-electron chi connectivity index (χ1n) is 5.20. The average Bonchev–Trinajstić information content (AvgIpc) is 2.20. The summed E-state index contributed by atoms with van der Waals surface area (Å²) in [5.74, 6) is -1.70. The number of halogens is 2. The highest BCUT2D eigenvalue weighted by molar-refractivity contribution is 5.17. The molecule has 1 aromatic rings. The van der Waals surface area contributed by atoms with Gasteiger partial charge in [0.05, 0.1) is 6.10 Å². The van der Waals surface area contributed by atoms with Crippen LogP contribution in [0.4, 0.5) is 8.78 Å². The van der Waals surface area contributed by atoms with E-state index in [1.807, 2.05) is 13.8 Å². The van der Waals surface area contributed by atoms with Crippen LogP contribution >= 0.6 is 0 Å². The van der Waals surface area contributed by atoms with Crippen LogP contribution in [0.3, 0.4) is 0 Å². The second-order valence-electron chi connectivity index (χ2n) is 4.50. The Kier molecular flexibility index (Phi) is 3.99. The number of hydrogen-bond acceptors (Lipinski definition) is 2. The van der Waals surface area contributed by atoms with Gasteiger partial charge in [0.25, 0.3) is 0 Å². The van der Waals surface area contributed by atoms with Crippen LogP contribution in [-0.4, -0.2) is 16.7 Å². The Balaban J connectivity index is 2.65. The molecule has 0 bridgehead atoms. The van der Waals surface area contributed by atoms with Crippen molar-refractivity contribution < 1.29 is 13.9 Å². The number of benzene rings is 1. The summed E-state index contributed by atoms with van der Waals surface area (Å²) in [5, 5.41) is 12.5. The fraction of sp³-hybridized carbons (Fsp3) is 0.500. The maximum absolute atomic E-state index is 12.9. The van der Waals surface area contributed by atoms with Crippen molar-refractivity contribution in [1.29, 1.82) is 0 Å². The minimum Gasteiger partial charge on any atom is -0.392 e. The van der Waals surface area contributed by atoms with Gasteiger partial charge in [-0.2, -0.15) is 0 Å². The zero-order chi connectivity index (χ0) is 12.3. The Hall–Kier alpha value is -1.00. The third-order valence-electron chi connectivity index (χ3n) is 2.78. The SMILES string of the molecule is CC(O)C(C)(C)NCc1ccc(F)c(F)c1. The molecule has 90 valence electrons. The average molecular weight is 229 g/mol. The first kappa shape index (κ1) is 13.1. The van der Waals surface area contributed by atoms with Crippen LogP contribution in [0.5, 0.6) is 0 Å². The lowest BCUT2D eigenvalue weighted by molar-refractivity contribution is 0.0956. The molecule has 16 heavy (non-hydrogen) atoms. The maximum Gasteiger partial charge on any atom is 0.159 e. The van der Waals surface area contributed by atoms with Gasteiger partial charge >= 0.3 is 0 Å². The van der Waals surface area contributed by atoms with Crippen molar-refractivity contribution in [3.05, 3.63) is 35.4 Å². The molecule has 2 N–H and O–H groups in total. The van der Waals surface area contributed by atoms with E-state index in [0.717, 1.165) is 12.1 Å². The van der Waals surface area contributed by atoms with Gasteiger partial charge in [0.15, 0.2) is 11.6 Å². The van der Waals surface area contributed by atoms with Gasteiger partial charge in [-0.25, -0.2) is 8.78 Å². The first-order chi connectivity index (χ1) is 7.33. The van der Waals surface area contributed by atoms with Crippen LogP contribution in [0.25, 0.3) is 0 Å². The van der Waals surface area contributed by atoms with Gasteiger partial charge < -0.3 is 10.4 Å². The molecule has 2 nitrogen and oxygen atoms in total. The standard InChI is InChI=1S/C12H17F2NO/c1-8(16)12(2,3)15-7-9-4-5-10(13)11(14)6-9/h4-6,8,15-16H,7H2,1-3H3. The van der Waals surface area contributed by atoms with E-state index >= 15 is 0 Å². The van der Waals surface area contributed by atoms with E-state index in [-0.39, 0.29) is 0 Å². The monoisotopic (exact) mass is 229 g/mol. The molecule has 0 heterocycles. The normalized spacial score (nSPS) is 13.9. The first-order valence-corrected chi connectivity index (χ1v) is 5.20. The Morgan fingerprint density at radius 1 is 1.31 bits per heavy atom. The molecular weight excluding hydrogens is 212 g/mol. The predicted octanol–water partition coefficient (Wildman–Crippen LogP) is 2.21. The summed E-state index contributed by atoms with van der Waals surface area (Å²) in [6, 6.07) is 3.77. The van der Waals surface area contributed by atoms with Crippen molar-refractivity contribution in [2.45, 2.75) is 39.0 Å². The second-order valence-corrected chi connectivity index (χ2v) is 4.50. The van der Waals surface area contributed by atoms with Crippen molar-refractivity contribution in [1.82, 2.24) is 5.32 Å². The molecule has 0 saturated heterocycles. The van der Waals surface area contributed by atoms with Crippen molar-refractivity contribution in [2.75, 3.05) is 0 Å². The van der Waals surface area contributed by atoms with Crippen molar-refractivity contribution in [2.24, 2.45) is 0 Å². The van der Waals surface area contributed by atoms with E-state index in [4.69, 9.17) is 0 Å². The highest BCUT2D eigenvalue weighted by atomic mass is 19.2. The Labute approximate surface area is 94.3 Å². The zero-order valence-electron chi connectivity index (χ0n) is 9.72. The molecule has 0 spiro atoms. The minimum absolute atomic E-state index is 0.384. The molecule has 1 rings (SSSR count). The Morgan fingerprint density at radius 3 is 2.44 bits per heavy atom. The van der Waals surface area contributed by atoms with E-state index < -0.39 is 23.3 Å². The molecule has 0 saturated carbocycles. The number of hydrogen-bond donors (Lipinski definition) is 2. The van der Waals surface area contributed by atoms with Gasteiger partial charge in [-0.3, -0.25) is 0 Å². The van der Waals surface area contributed by atoms with Crippen LogP contribution in [0.1, 0.15) is 26.3 Å². The summed E-state index contributed by atoms with van der Waals surface area (Å²) in [5.41, 5.74) is 0.179. The number of aliphatic hydroxyl groups is 1. The highest BCUT2D eigenvalue weighted by Gasteiger charge is 2.22. The molecule has 0 aliphatic heterocycles. The van der Waals surface area contributed by atoms with Crippen molar-refractivity contribution in [3.8, 4) is 0 Å². The van der Waals surface area contributed by atoms with Crippen LogP contribution in [0, 0.1) is 11.6 Å². The molecule has 1 unspecified atom stereocenters. The molecule has 0 aromatic heterocycles. The number of rotatable bonds is 4. The van der Waals surface area contributed by atoms with E-state index in [9.17, 15) is 13.9 Å². The van der Waals surface area contributed by atoms with Crippen molar-refractivity contribution in [3.63, 3.8) is 0 Å². The number of nitrogens with one attached hydrogen (secondary N) is 1. The number of aliphatic hydroxyl groups excluding tert-OH is 1. The summed E-state index contributed by atoms with van der Waals surface area (Å²) in [4.78, 5) is 0. The van der Waals surface area contributed by atoms with E-state index in [2.05, 4.69) is 5.32 Å². The lowest BCUT2D eigenvalue weighted by Gasteiger charge is -2.29. The molecule has 4 heteroatoms. The van der Waals surface area contributed by atoms with Gasteiger partial charge in [-0.15, -0.1) is 0 Å². The van der Waals surface area contributed by atoms with Gasteiger partial charge in [-0.1, -0.05) is 6.07 Å². The van der Waals surface area contributed by atoms with E-state index in [0.29, 0.717) is 12.1 Å². The summed E-state index contributed by atoms with van der Waals surface area (Å²) in [7, 11) is 0. The summed E-state index contributed by atoms with van der Waals surface area (Å²) in [6.07, 6.45) is -0.530. The van der Waals surface area contributed by atoms with E-state index in [1.165, 1.54) is 6.07 Å². The van der Waals surface area contributed by atoms with Crippen LogP contribution in [0.2, 0.25) is 0 Å². The molecule has 0 aliphatic carbocycles. The summed E-state index contributed by atoms with van der Waals surface area (Å²) >= 11 is 0. The van der Waals surface area contributed by atoms with Gasteiger partial charge in [0.2, 0.25) is 0 Å². The molecule has 0 amide bonds. The van der Waals surface area contributed by atoms with Gasteiger partial charge in [-0.05, 0) is 38.5 Å². The topological polar surface area (TPSA) is 32.3 Å². The summed E-state index contributed by atoms with van der Waals surface area (Å²) in [6.45, 7) is 5.75. The smallest absolute Gasteiger partial charge is 0.159 e. The van der Waals surface area contributed by atoms with Crippen molar-refractivity contribution >= 4 is 0 Å². The Morgan fingerprint density at radius 2 is 1.94 bits per heavy atom. The van der Waals surface area contributed by atoms with Crippen LogP contribution in [0.15, 0.2) is 18.2 Å². The van der Waals surface area contributed by atoms with Crippen LogP contribution < -0.4 is 5.32 Å². The highest BCUT2D eigenvalue weighted by Crippen LogP contribution is 2.12. The fourth-order valence-electron chi connectivity index (χ4n) is 1.13. The third-order valence-corrected chi connectivity index (χ3v) is 2.78. The lowest BCUT2D eigenvalue weighted by Crippen LogP contribution is -2.47. The second kappa shape index (κ2) is 4.89. The Bertz CT molecular complexity index is 364. The largest absolute Gasteiger partial charge is 0.392 e. The molecular formula is C12H17F2NO. The molecule has 0 radical (unpaired) electrons. The predicted molar refractivity (Wildman–Crippen MR) is 59.0 cm³/mol. The minimum atomic E-state index is -0.853. The summed E-state index contributed by atoms with van der Waals surface area (Å²) < 4.78 is 25.6. The third kappa shape index (κ3) is 3.25. The quantitative estimate of drug-likeness (QED) is 0.829. The molecule has 0 fully saturated rings. The zero-order valence-corrected chi connectivity index (χ0v) is 9.72. The molecule has 1 aromatic carbocycles. The van der Waals surface area contributed by atoms with Crippen LogP contribution in [-0.2, 0) is 6.54 Å². The molecule has 1 atom stereocenters. The van der Waals surface area contributed by atoms with E-state index in [1.54, 1.807) is 6.92 Å². The van der Waals surface area contributed by atoms with Gasteiger partial charge in [0.1, 0.15) is 0 Å². The van der Waals surface area contributed by atoms with Gasteiger partial charge in [0, 0.05) is 12.1 Å². The molecule has 0 aliphatic rings. The fourth-order valence-corrected chi connectivity index (χ4v) is 1.13. The lowest BCUT2D eigenvalue weighted by atomic mass is 9.98. The maximum atomic E-state index is 12.9.